The number of aromatic nitrogens is 2. The lowest BCUT2D eigenvalue weighted by atomic mass is 9.98. The second-order valence-electron chi connectivity index (χ2n) is 8.91. The van der Waals surface area contributed by atoms with Crippen LogP contribution in [0, 0.1) is 17.7 Å². The van der Waals surface area contributed by atoms with Crippen molar-refractivity contribution in [2.24, 2.45) is 11.8 Å². The van der Waals surface area contributed by atoms with Gasteiger partial charge in [0.2, 0.25) is 5.91 Å². The zero-order valence-corrected chi connectivity index (χ0v) is 18.4. The molecule has 0 bridgehead atoms. The first kappa shape index (κ1) is 22.4. The Morgan fingerprint density at radius 3 is 2.41 bits per heavy atom. The van der Waals surface area contributed by atoms with Crippen molar-refractivity contribution in [3.8, 4) is 5.75 Å². The first-order valence-corrected chi connectivity index (χ1v) is 11.4. The molecule has 0 N–H and O–H groups in total. The SMILES string of the molecule is O=C([C@@H]1C[C@H]1c1ccc(F)cc1)N(Cc1cccnn1)[C@@H](c1ccc(OC(F)F)cc1)C1CC1. The number of carbonyl (C=O) groups excluding carboxylic acids is 1. The topological polar surface area (TPSA) is 55.3 Å². The van der Waals surface area contributed by atoms with Gasteiger partial charge in [0.05, 0.1) is 18.3 Å². The van der Waals surface area contributed by atoms with Crippen LogP contribution in [0.15, 0.2) is 66.9 Å². The Labute approximate surface area is 195 Å². The van der Waals surface area contributed by atoms with Gasteiger partial charge in [0.15, 0.2) is 0 Å². The van der Waals surface area contributed by atoms with E-state index in [-0.39, 0.29) is 41.3 Å². The molecule has 0 unspecified atom stereocenters. The summed E-state index contributed by atoms with van der Waals surface area (Å²) in [6, 6.07) is 16.3. The van der Waals surface area contributed by atoms with Gasteiger partial charge in [-0.1, -0.05) is 24.3 Å². The summed E-state index contributed by atoms with van der Waals surface area (Å²) < 4.78 is 43.0. The molecule has 5 nitrogen and oxygen atoms in total. The third-order valence-electron chi connectivity index (χ3n) is 6.50. The number of carbonyl (C=O) groups is 1. The quantitative estimate of drug-likeness (QED) is 0.417. The average molecular weight is 467 g/mol. The summed E-state index contributed by atoms with van der Waals surface area (Å²) in [5.74, 6) is -0.0532. The van der Waals surface area contributed by atoms with Crippen molar-refractivity contribution in [3.63, 3.8) is 0 Å². The summed E-state index contributed by atoms with van der Waals surface area (Å²) in [4.78, 5) is 15.7. The Bertz CT molecular complexity index is 1120. The van der Waals surface area contributed by atoms with E-state index in [2.05, 4.69) is 14.9 Å². The van der Waals surface area contributed by atoms with Crippen LogP contribution in [0.3, 0.4) is 0 Å². The zero-order chi connectivity index (χ0) is 23.7. The number of rotatable bonds is 9. The van der Waals surface area contributed by atoms with Gasteiger partial charge in [0.1, 0.15) is 11.6 Å². The maximum atomic E-state index is 13.8. The predicted octanol–water partition coefficient (Wildman–Crippen LogP) is 5.50. The Hall–Kier alpha value is -3.42. The first-order chi connectivity index (χ1) is 16.5. The Morgan fingerprint density at radius 2 is 1.79 bits per heavy atom. The first-order valence-electron chi connectivity index (χ1n) is 11.4. The van der Waals surface area contributed by atoms with Crippen LogP contribution in [0.4, 0.5) is 13.2 Å². The van der Waals surface area contributed by atoms with E-state index >= 15 is 0 Å². The minimum absolute atomic E-state index is 0.0183. The van der Waals surface area contributed by atoms with Gasteiger partial charge < -0.3 is 9.64 Å². The van der Waals surface area contributed by atoms with E-state index in [4.69, 9.17) is 0 Å². The van der Waals surface area contributed by atoms with Crippen LogP contribution < -0.4 is 4.74 Å². The Morgan fingerprint density at radius 1 is 1.06 bits per heavy atom. The molecule has 1 aromatic heterocycles. The summed E-state index contributed by atoms with van der Waals surface area (Å²) in [5.41, 5.74) is 2.51. The monoisotopic (exact) mass is 467 g/mol. The minimum atomic E-state index is -2.89. The van der Waals surface area contributed by atoms with Crippen molar-refractivity contribution in [1.29, 1.82) is 0 Å². The van der Waals surface area contributed by atoms with E-state index in [1.54, 1.807) is 36.5 Å². The minimum Gasteiger partial charge on any atom is -0.435 e. The predicted molar refractivity (Wildman–Crippen MR) is 118 cm³/mol. The lowest BCUT2D eigenvalue weighted by molar-refractivity contribution is -0.136. The van der Waals surface area contributed by atoms with Crippen molar-refractivity contribution in [1.82, 2.24) is 15.1 Å². The molecule has 2 aliphatic rings. The van der Waals surface area contributed by atoms with Gasteiger partial charge in [0.25, 0.3) is 0 Å². The van der Waals surface area contributed by atoms with Gasteiger partial charge in [-0.15, -0.1) is 0 Å². The summed E-state index contributed by atoms with van der Waals surface area (Å²) in [6.07, 6.45) is 4.26. The number of amides is 1. The van der Waals surface area contributed by atoms with E-state index in [1.165, 1.54) is 24.3 Å². The molecular weight excluding hydrogens is 443 g/mol. The summed E-state index contributed by atoms with van der Waals surface area (Å²) in [7, 11) is 0. The van der Waals surface area contributed by atoms with Gasteiger partial charge in [-0.2, -0.15) is 19.0 Å². The molecule has 2 fully saturated rings. The number of nitrogens with zero attached hydrogens (tertiary/aromatic N) is 3. The Balaban J connectivity index is 1.42. The van der Waals surface area contributed by atoms with E-state index in [9.17, 15) is 18.0 Å². The van der Waals surface area contributed by atoms with Gasteiger partial charge in [0, 0.05) is 12.1 Å². The third kappa shape index (κ3) is 5.05. The van der Waals surface area contributed by atoms with Gasteiger partial charge in [-0.05, 0) is 78.6 Å². The summed E-state index contributed by atoms with van der Waals surface area (Å²) in [6.45, 7) is -2.59. The number of hydrogen-bond acceptors (Lipinski definition) is 4. The van der Waals surface area contributed by atoms with Crippen molar-refractivity contribution in [2.75, 3.05) is 0 Å². The molecule has 2 aliphatic carbocycles. The third-order valence-corrected chi connectivity index (χ3v) is 6.50. The van der Waals surface area contributed by atoms with Gasteiger partial charge in [-0.3, -0.25) is 4.79 Å². The molecule has 0 spiro atoms. The normalized spacial score (nSPS) is 20.1. The van der Waals surface area contributed by atoms with E-state index in [0.717, 1.165) is 24.0 Å². The smallest absolute Gasteiger partial charge is 0.387 e. The van der Waals surface area contributed by atoms with Crippen LogP contribution in [-0.2, 0) is 11.3 Å². The van der Waals surface area contributed by atoms with E-state index in [0.29, 0.717) is 18.7 Å². The number of ether oxygens (including phenoxy) is 1. The molecule has 1 heterocycles. The van der Waals surface area contributed by atoms with Crippen LogP contribution in [0.2, 0.25) is 0 Å². The zero-order valence-electron chi connectivity index (χ0n) is 18.4. The fraction of sp³-hybridized carbons (Fsp3) is 0.346. The molecule has 5 rings (SSSR count). The van der Waals surface area contributed by atoms with E-state index < -0.39 is 6.61 Å². The maximum Gasteiger partial charge on any atom is 0.387 e. The highest BCUT2D eigenvalue weighted by Crippen LogP contribution is 2.52. The highest BCUT2D eigenvalue weighted by atomic mass is 19.3. The highest BCUT2D eigenvalue weighted by molar-refractivity contribution is 5.83. The standard InChI is InChI=1S/C26H24F3N3O2/c27-19-9-5-16(6-10-19)22-14-23(22)25(33)32(15-20-2-1-13-30-31-20)24(17-3-4-17)18-7-11-21(12-8-18)34-26(28)29/h1-2,5-13,17,22-24,26H,3-4,14-15H2/t22-,23+,24+/m0/s1. The van der Waals surface area contributed by atoms with Crippen LogP contribution >= 0.6 is 0 Å². The molecule has 0 saturated heterocycles. The molecule has 34 heavy (non-hydrogen) atoms. The lowest BCUT2D eigenvalue weighted by Crippen LogP contribution is -2.37. The fourth-order valence-corrected chi connectivity index (χ4v) is 4.63. The average Bonchev–Trinajstić information content (AvgIpc) is 3.75. The molecular formula is C26H24F3N3O2. The van der Waals surface area contributed by atoms with Crippen LogP contribution in [0.5, 0.6) is 5.75 Å². The fourth-order valence-electron chi connectivity index (χ4n) is 4.63. The van der Waals surface area contributed by atoms with Gasteiger partial charge in [-0.25, -0.2) is 4.39 Å². The molecule has 3 atom stereocenters. The lowest BCUT2D eigenvalue weighted by Gasteiger charge is -2.33. The van der Waals surface area contributed by atoms with Gasteiger partial charge >= 0.3 is 6.61 Å². The maximum absolute atomic E-state index is 13.8. The van der Waals surface area contributed by atoms with Crippen molar-refractivity contribution in [2.45, 2.75) is 44.4 Å². The second kappa shape index (κ2) is 9.44. The van der Waals surface area contributed by atoms with Crippen LogP contribution in [-0.4, -0.2) is 27.6 Å². The number of benzene rings is 2. The van der Waals surface area contributed by atoms with Crippen molar-refractivity contribution >= 4 is 5.91 Å². The molecule has 176 valence electrons. The second-order valence-corrected chi connectivity index (χ2v) is 8.91. The summed E-state index contributed by atoms with van der Waals surface area (Å²) >= 11 is 0. The molecule has 2 saturated carbocycles. The molecule has 3 aromatic rings. The molecule has 0 radical (unpaired) electrons. The molecule has 2 aromatic carbocycles. The molecule has 1 amide bonds. The van der Waals surface area contributed by atoms with E-state index in [1.807, 2.05) is 11.0 Å². The number of alkyl halides is 2. The number of halogens is 3. The number of hydrogen-bond donors (Lipinski definition) is 0. The largest absolute Gasteiger partial charge is 0.435 e. The van der Waals surface area contributed by atoms with Crippen molar-refractivity contribution in [3.05, 3.63) is 89.5 Å². The van der Waals surface area contributed by atoms with Crippen molar-refractivity contribution < 1.29 is 22.7 Å². The summed E-state index contributed by atoms with van der Waals surface area (Å²) in [5, 5.41) is 8.13. The van der Waals surface area contributed by atoms with Crippen LogP contribution in [0.25, 0.3) is 0 Å². The molecule has 8 heteroatoms. The van der Waals surface area contributed by atoms with Crippen LogP contribution in [0.1, 0.15) is 48.0 Å². The highest BCUT2D eigenvalue weighted by Gasteiger charge is 2.49. The Kier molecular flexibility index (Phi) is 6.22. The molecule has 0 aliphatic heterocycles.